The van der Waals surface area contributed by atoms with Crippen molar-refractivity contribution in [1.29, 1.82) is 0 Å². The van der Waals surface area contributed by atoms with E-state index in [4.69, 9.17) is 4.74 Å². The third-order valence-electron chi connectivity index (χ3n) is 5.35. The summed E-state index contributed by atoms with van der Waals surface area (Å²) in [4.78, 5) is 28.8. The number of amides is 2. The van der Waals surface area contributed by atoms with Crippen LogP contribution < -0.4 is 10.1 Å². The van der Waals surface area contributed by atoms with E-state index in [0.29, 0.717) is 52.0 Å². The van der Waals surface area contributed by atoms with Gasteiger partial charge in [-0.05, 0) is 37.0 Å². The van der Waals surface area contributed by atoms with E-state index in [2.05, 4.69) is 5.32 Å². The van der Waals surface area contributed by atoms with E-state index in [9.17, 15) is 14.7 Å². The minimum absolute atomic E-state index is 0.0408. The van der Waals surface area contributed by atoms with Crippen LogP contribution in [0.3, 0.4) is 0 Å². The number of rotatable bonds is 5. The van der Waals surface area contributed by atoms with Crippen molar-refractivity contribution in [1.82, 2.24) is 15.1 Å². The minimum Gasteiger partial charge on any atom is -0.497 e. The number of β-amino-alcohol motifs (C(OH)–C–C–N with tert-alkyl or cyclic N) is 1. The molecule has 1 aromatic rings. The van der Waals surface area contributed by atoms with Gasteiger partial charge >= 0.3 is 0 Å². The van der Waals surface area contributed by atoms with E-state index in [0.717, 1.165) is 17.7 Å². The maximum Gasteiger partial charge on any atom is 0.239 e. The Hall–Kier alpha value is -2.12. The normalized spacial score (nSPS) is 23.2. The van der Waals surface area contributed by atoms with Crippen molar-refractivity contribution in [2.75, 3.05) is 39.8 Å². The predicted molar refractivity (Wildman–Crippen MR) is 102 cm³/mol. The highest BCUT2D eigenvalue weighted by atomic mass is 16.5. The Morgan fingerprint density at radius 3 is 2.52 bits per heavy atom. The average molecular weight is 375 g/mol. The second-order valence-corrected chi connectivity index (χ2v) is 7.26. The van der Waals surface area contributed by atoms with E-state index in [1.807, 2.05) is 34.1 Å². The number of nitrogens with zero attached hydrogens (tertiary/aromatic N) is 2. The van der Waals surface area contributed by atoms with Gasteiger partial charge in [-0.15, -0.1) is 0 Å². The molecule has 0 radical (unpaired) electrons. The number of hydrogen-bond donors (Lipinski definition) is 2. The van der Waals surface area contributed by atoms with E-state index in [-0.39, 0.29) is 17.9 Å². The van der Waals surface area contributed by atoms with Crippen molar-refractivity contribution in [3.63, 3.8) is 0 Å². The topological polar surface area (TPSA) is 82.1 Å². The molecule has 0 aromatic heterocycles. The van der Waals surface area contributed by atoms with Crippen LogP contribution in [-0.4, -0.2) is 78.7 Å². The van der Waals surface area contributed by atoms with Crippen LogP contribution in [0.15, 0.2) is 24.3 Å². The smallest absolute Gasteiger partial charge is 0.239 e. The molecule has 0 bridgehead atoms. The van der Waals surface area contributed by atoms with Crippen LogP contribution in [0.5, 0.6) is 5.75 Å². The number of aliphatic hydroxyl groups is 1. The molecular formula is C20H29N3O4. The lowest BCUT2D eigenvalue weighted by atomic mass is 10.1. The van der Waals surface area contributed by atoms with E-state index in [1.165, 1.54) is 0 Å². The summed E-state index contributed by atoms with van der Waals surface area (Å²) in [7, 11) is 1.64. The van der Waals surface area contributed by atoms with Gasteiger partial charge in [-0.3, -0.25) is 9.59 Å². The van der Waals surface area contributed by atoms with Gasteiger partial charge in [0.2, 0.25) is 11.8 Å². The molecule has 2 atom stereocenters. The van der Waals surface area contributed by atoms with Gasteiger partial charge in [-0.1, -0.05) is 12.1 Å². The van der Waals surface area contributed by atoms with E-state index < -0.39 is 6.10 Å². The van der Waals surface area contributed by atoms with Crippen LogP contribution in [-0.2, 0) is 16.0 Å². The number of aryl methyl sites for hydroxylation is 1. The van der Waals surface area contributed by atoms with Gasteiger partial charge in [0.25, 0.3) is 0 Å². The zero-order valence-electron chi connectivity index (χ0n) is 15.9. The Morgan fingerprint density at radius 1 is 1.15 bits per heavy atom. The number of carbonyl (C=O) groups is 2. The fourth-order valence-corrected chi connectivity index (χ4v) is 3.71. The standard InChI is InChI=1S/C20H29N3O4/c1-27-17-6-3-15(4-7-17)5-8-19(25)22-9-2-10-23(12-11-22)20(26)18-13-16(24)14-21-18/h3-4,6-7,16,18,21,24H,2,5,8-14H2,1H3. The average Bonchev–Trinajstić information content (AvgIpc) is 2.98. The molecule has 2 N–H and O–H groups in total. The summed E-state index contributed by atoms with van der Waals surface area (Å²) >= 11 is 0. The van der Waals surface area contributed by atoms with E-state index in [1.54, 1.807) is 7.11 Å². The molecule has 27 heavy (non-hydrogen) atoms. The second kappa shape index (κ2) is 9.19. The number of aliphatic hydroxyl groups excluding tert-OH is 1. The Balaban J connectivity index is 1.46. The van der Waals surface area contributed by atoms with Gasteiger partial charge in [0.05, 0.1) is 19.3 Å². The fraction of sp³-hybridized carbons (Fsp3) is 0.600. The molecule has 7 nitrogen and oxygen atoms in total. The van der Waals surface area contributed by atoms with Crippen LogP contribution in [0.4, 0.5) is 0 Å². The zero-order valence-corrected chi connectivity index (χ0v) is 15.9. The summed E-state index contributed by atoms with van der Waals surface area (Å²) in [5.41, 5.74) is 1.11. The highest BCUT2D eigenvalue weighted by Crippen LogP contribution is 2.15. The van der Waals surface area contributed by atoms with Gasteiger partial charge in [0, 0.05) is 39.1 Å². The monoisotopic (exact) mass is 375 g/mol. The molecule has 1 aromatic carbocycles. The minimum atomic E-state index is -0.443. The Morgan fingerprint density at radius 2 is 1.85 bits per heavy atom. The van der Waals surface area contributed by atoms with Gasteiger partial charge in [-0.2, -0.15) is 0 Å². The second-order valence-electron chi connectivity index (χ2n) is 7.26. The highest BCUT2D eigenvalue weighted by Gasteiger charge is 2.32. The summed E-state index contributed by atoms with van der Waals surface area (Å²) in [6.07, 6.45) is 1.99. The van der Waals surface area contributed by atoms with Crippen molar-refractivity contribution in [2.24, 2.45) is 0 Å². The number of methoxy groups -OCH3 is 1. The van der Waals surface area contributed by atoms with Crippen LogP contribution in [0.25, 0.3) is 0 Å². The molecule has 148 valence electrons. The van der Waals surface area contributed by atoms with E-state index >= 15 is 0 Å². The molecule has 2 unspecified atom stereocenters. The van der Waals surface area contributed by atoms with Crippen LogP contribution in [0.1, 0.15) is 24.8 Å². The SMILES string of the molecule is COc1ccc(CCC(=O)N2CCCN(C(=O)C3CC(O)CN3)CC2)cc1. The quantitative estimate of drug-likeness (QED) is 0.779. The summed E-state index contributed by atoms with van der Waals surface area (Å²) in [6.45, 7) is 2.95. The summed E-state index contributed by atoms with van der Waals surface area (Å²) in [6, 6.07) is 7.49. The molecule has 0 aliphatic carbocycles. The molecule has 0 spiro atoms. The predicted octanol–water partition coefficient (Wildman–Crippen LogP) is 0.412. The molecule has 2 saturated heterocycles. The summed E-state index contributed by atoms with van der Waals surface area (Å²) in [5, 5.41) is 12.7. The van der Waals surface area contributed by atoms with Gasteiger partial charge < -0.3 is 25.0 Å². The number of nitrogens with one attached hydrogen (secondary N) is 1. The first-order valence-corrected chi connectivity index (χ1v) is 9.68. The molecule has 2 aliphatic rings. The third-order valence-corrected chi connectivity index (χ3v) is 5.35. The zero-order chi connectivity index (χ0) is 19.2. The van der Waals surface area contributed by atoms with Gasteiger partial charge in [0.15, 0.2) is 0 Å². The third kappa shape index (κ3) is 5.20. The molecule has 2 fully saturated rings. The Bertz CT molecular complexity index is 649. The maximum atomic E-state index is 12.6. The summed E-state index contributed by atoms with van der Waals surface area (Å²) < 4.78 is 5.15. The van der Waals surface area contributed by atoms with Crippen molar-refractivity contribution in [3.05, 3.63) is 29.8 Å². The molecule has 2 heterocycles. The molecular weight excluding hydrogens is 346 g/mol. The van der Waals surface area contributed by atoms with Gasteiger partial charge in [0.1, 0.15) is 5.75 Å². The molecule has 0 saturated carbocycles. The lowest BCUT2D eigenvalue weighted by Crippen LogP contribution is -2.45. The van der Waals surface area contributed by atoms with Gasteiger partial charge in [-0.25, -0.2) is 0 Å². The van der Waals surface area contributed by atoms with Crippen molar-refractivity contribution >= 4 is 11.8 Å². The largest absolute Gasteiger partial charge is 0.497 e. The maximum absolute atomic E-state index is 12.6. The van der Waals surface area contributed by atoms with Crippen LogP contribution >= 0.6 is 0 Å². The van der Waals surface area contributed by atoms with Crippen LogP contribution in [0, 0.1) is 0 Å². The van der Waals surface area contributed by atoms with Crippen molar-refractivity contribution in [2.45, 2.75) is 37.8 Å². The number of carbonyl (C=O) groups excluding carboxylic acids is 2. The number of benzene rings is 1. The molecule has 3 rings (SSSR count). The Kier molecular flexibility index (Phi) is 6.68. The number of ether oxygens (including phenoxy) is 1. The molecule has 2 amide bonds. The molecule has 2 aliphatic heterocycles. The van der Waals surface area contributed by atoms with Crippen molar-refractivity contribution in [3.8, 4) is 5.75 Å². The lowest BCUT2D eigenvalue weighted by Gasteiger charge is -2.24. The first-order chi connectivity index (χ1) is 13.1. The first kappa shape index (κ1) is 19.6. The highest BCUT2D eigenvalue weighted by molar-refractivity contribution is 5.82. The Labute approximate surface area is 160 Å². The summed E-state index contributed by atoms with van der Waals surface area (Å²) in [5.74, 6) is 0.986. The fourth-order valence-electron chi connectivity index (χ4n) is 3.71. The van der Waals surface area contributed by atoms with Crippen molar-refractivity contribution < 1.29 is 19.4 Å². The lowest BCUT2D eigenvalue weighted by molar-refractivity contribution is -0.134. The van der Waals surface area contributed by atoms with Crippen LogP contribution in [0.2, 0.25) is 0 Å². The number of hydrogen-bond acceptors (Lipinski definition) is 5. The first-order valence-electron chi connectivity index (χ1n) is 9.68. The molecule has 7 heteroatoms.